The van der Waals surface area contributed by atoms with Gasteiger partial charge in [-0.05, 0) is 65.3 Å². The van der Waals surface area contributed by atoms with Crippen LogP contribution in [0.1, 0.15) is 62.9 Å². The number of hydrogen-bond acceptors (Lipinski definition) is 7. The van der Waals surface area contributed by atoms with E-state index in [0.29, 0.717) is 38.9 Å². The molecule has 5 rings (SSSR count). The number of aromatic nitrogens is 2. The highest BCUT2D eigenvalue weighted by molar-refractivity contribution is 7.90. The molecule has 0 spiro atoms. The van der Waals surface area contributed by atoms with Crippen molar-refractivity contribution >= 4 is 16.1 Å². The number of likely N-dealkylation sites (N-methyl/N-ethyl adjacent to an activating group) is 1. The normalized spacial score (nSPS) is 25.2. The molecule has 0 bridgehead atoms. The van der Waals surface area contributed by atoms with Crippen LogP contribution >= 0.6 is 0 Å². The van der Waals surface area contributed by atoms with E-state index in [1.807, 2.05) is 11.9 Å². The van der Waals surface area contributed by atoms with Gasteiger partial charge in [0.1, 0.15) is 17.2 Å². The molecule has 37 heavy (non-hydrogen) atoms. The molecule has 1 N–H and O–H groups in total. The molecule has 9 nitrogen and oxygen atoms in total. The van der Waals surface area contributed by atoms with Crippen molar-refractivity contribution in [3.8, 4) is 0 Å². The molecule has 0 radical (unpaired) electrons. The Bertz CT molecular complexity index is 1280. The van der Waals surface area contributed by atoms with Crippen LogP contribution in [0.15, 0.2) is 24.4 Å². The number of rotatable bonds is 5. The standard InChI is InChI=1S/C25H33F2N5O4S/c1-25(2,3)36-24(33)28-21-10-17(13-30(4)23(21)19-9-16(26)5-8-20(19)27)31-11-15-12-32(29-22(15)14-31)37(34,35)18-6-7-18/h5,8-9,12,17-18,21,23H,6-7,10-11,13-14H2,1-4H3,(H,28,33)/t17-,21+,23-/m1/s1. The third kappa shape index (κ3) is 5.37. The Morgan fingerprint density at radius 2 is 1.92 bits per heavy atom. The number of hydrogen-bond donors (Lipinski definition) is 1. The van der Waals surface area contributed by atoms with E-state index >= 15 is 0 Å². The summed E-state index contributed by atoms with van der Waals surface area (Å²) in [4.78, 5) is 16.8. The van der Waals surface area contributed by atoms with Gasteiger partial charge >= 0.3 is 6.09 Å². The molecular weight excluding hydrogens is 504 g/mol. The summed E-state index contributed by atoms with van der Waals surface area (Å²) in [6.45, 7) is 6.81. The van der Waals surface area contributed by atoms with Gasteiger partial charge in [-0.15, -0.1) is 0 Å². The number of benzene rings is 1. The van der Waals surface area contributed by atoms with Crippen molar-refractivity contribution in [3.05, 3.63) is 52.9 Å². The molecule has 2 aliphatic heterocycles. The van der Waals surface area contributed by atoms with Crippen molar-refractivity contribution < 1.29 is 26.7 Å². The number of likely N-dealkylation sites (tertiary alicyclic amines) is 1. The zero-order chi connectivity index (χ0) is 26.7. The Morgan fingerprint density at radius 1 is 1.19 bits per heavy atom. The third-order valence-corrected chi connectivity index (χ3v) is 9.19. The average Bonchev–Trinajstić information content (AvgIpc) is 3.45. The molecule has 1 aromatic carbocycles. The highest BCUT2D eigenvalue weighted by Gasteiger charge is 2.43. The summed E-state index contributed by atoms with van der Waals surface area (Å²) in [6, 6.07) is 2.15. The number of fused-ring (bicyclic) bond motifs is 1. The van der Waals surface area contributed by atoms with E-state index in [9.17, 15) is 22.0 Å². The summed E-state index contributed by atoms with van der Waals surface area (Å²) in [5.41, 5.74) is 1.05. The molecule has 1 aliphatic carbocycles. The number of carbonyl (C=O) groups is 1. The van der Waals surface area contributed by atoms with E-state index in [4.69, 9.17) is 4.74 Å². The topological polar surface area (TPSA) is 96.8 Å². The van der Waals surface area contributed by atoms with Crippen LogP contribution in [0.25, 0.3) is 0 Å². The molecule has 1 aromatic heterocycles. The van der Waals surface area contributed by atoms with E-state index < -0.39 is 45.4 Å². The molecule has 1 saturated heterocycles. The van der Waals surface area contributed by atoms with Crippen LogP contribution in [0.2, 0.25) is 0 Å². The van der Waals surface area contributed by atoms with Crippen molar-refractivity contribution in [1.82, 2.24) is 24.3 Å². The minimum absolute atomic E-state index is 0.0412. The van der Waals surface area contributed by atoms with Gasteiger partial charge in [-0.25, -0.2) is 22.0 Å². The zero-order valence-corrected chi connectivity index (χ0v) is 22.3. The van der Waals surface area contributed by atoms with Gasteiger partial charge < -0.3 is 10.1 Å². The fraction of sp³-hybridized carbons (Fsp3) is 0.600. The van der Waals surface area contributed by atoms with Crippen molar-refractivity contribution in [1.29, 1.82) is 0 Å². The molecule has 3 atom stereocenters. The van der Waals surface area contributed by atoms with Gasteiger partial charge in [-0.3, -0.25) is 9.80 Å². The maximum atomic E-state index is 14.8. The van der Waals surface area contributed by atoms with E-state index in [2.05, 4.69) is 15.3 Å². The zero-order valence-electron chi connectivity index (χ0n) is 21.4. The predicted octanol–water partition coefficient (Wildman–Crippen LogP) is 3.16. The number of alkyl carbamates (subject to hydrolysis) is 1. The van der Waals surface area contributed by atoms with Crippen molar-refractivity contribution in [2.45, 2.75) is 82.1 Å². The van der Waals surface area contributed by atoms with E-state index in [0.717, 1.165) is 27.5 Å². The number of nitrogens with zero attached hydrogens (tertiary/aromatic N) is 4. The highest BCUT2D eigenvalue weighted by atomic mass is 32.2. The second-order valence-corrected chi connectivity index (χ2v) is 13.4. The van der Waals surface area contributed by atoms with Crippen molar-refractivity contribution in [3.63, 3.8) is 0 Å². The Hall–Kier alpha value is -2.57. The molecule has 0 unspecified atom stereocenters. The Balaban J connectivity index is 1.36. The number of carbonyl (C=O) groups excluding carboxylic acids is 1. The second-order valence-electron chi connectivity index (χ2n) is 11.3. The third-order valence-electron chi connectivity index (χ3n) is 7.16. The summed E-state index contributed by atoms with van der Waals surface area (Å²) in [7, 11) is -1.60. The molecule has 1 saturated carbocycles. The van der Waals surface area contributed by atoms with Gasteiger partial charge in [0.05, 0.1) is 23.0 Å². The first-order chi connectivity index (χ1) is 17.3. The largest absolute Gasteiger partial charge is 0.444 e. The van der Waals surface area contributed by atoms with Gasteiger partial charge in [0.2, 0.25) is 0 Å². The molecule has 3 heterocycles. The maximum absolute atomic E-state index is 14.8. The molecule has 2 fully saturated rings. The average molecular weight is 538 g/mol. The fourth-order valence-electron chi connectivity index (χ4n) is 5.37. The van der Waals surface area contributed by atoms with Crippen LogP contribution in [0.4, 0.5) is 13.6 Å². The van der Waals surface area contributed by atoms with Crippen LogP contribution in [0.5, 0.6) is 0 Å². The Morgan fingerprint density at radius 3 is 2.57 bits per heavy atom. The van der Waals surface area contributed by atoms with Crippen LogP contribution in [-0.2, 0) is 27.8 Å². The van der Waals surface area contributed by atoms with Crippen LogP contribution in [-0.4, -0.2) is 70.0 Å². The van der Waals surface area contributed by atoms with Gasteiger partial charge in [-0.1, -0.05) is 0 Å². The predicted molar refractivity (Wildman–Crippen MR) is 132 cm³/mol. The molecule has 2 aromatic rings. The van der Waals surface area contributed by atoms with Crippen molar-refractivity contribution in [2.24, 2.45) is 0 Å². The molecule has 202 valence electrons. The summed E-state index contributed by atoms with van der Waals surface area (Å²) in [5, 5.41) is 6.93. The highest BCUT2D eigenvalue weighted by Crippen LogP contribution is 2.37. The Kier molecular flexibility index (Phi) is 6.56. The van der Waals surface area contributed by atoms with E-state index in [1.54, 1.807) is 27.0 Å². The number of halogens is 2. The summed E-state index contributed by atoms with van der Waals surface area (Å²) >= 11 is 0. The smallest absolute Gasteiger partial charge is 0.407 e. The lowest BCUT2D eigenvalue weighted by Crippen LogP contribution is -2.57. The van der Waals surface area contributed by atoms with Gasteiger partial charge in [0.25, 0.3) is 10.0 Å². The van der Waals surface area contributed by atoms with Gasteiger partial charge in [0.15, 0.2) is 0 Å². The number of piperidine rings is 1. The van der Waals surface area contributed by atoms with Crippen LogP contribution < -0.4 is 5.32 Å². The molecular formula is C25H33F2N5O4S. The minimum Gasteiger partial charge on any atom is -0.444 e. The first-order valence-corrected chi connectivity index (χ1v) is 14.0. The Labute approximate surface area is 215 Å². The molecule has 1 amide bonds. The van der Waals surface area contributed by atoms with Crippen LogP contribution in [0, 0.1) is 11.6 Å². The van der Waals surface area contributed by atoms with Gasteiger partial charge in [-0.2, -0.15) is 9.19 Å². The van der Waals surface area contributed by atoms with E-state index in [1.165, 1.54) is 6.07 Å². The minimum atomic E-state index is -3.43. The SMILES string of the molecule is CN1C[C@H](N2Cc3cn(S(=O)(=O)C4CC4)nc3C2)C[C@H](NC(=O)OC(C)(C)C)[C@H]1c1cc(F)ccc1F. The quantitative estimate of drug-likeness (QED) is 0.626. The summed E-state index contributed by atoms with van der Waals surface area (Å²) in [6.07, 6.45) is 2.80. The van der Waals surface area contributed by atoms with Crippen molar-refractivity contribution in [2.75, 3.05) is 13.6 Å². The maximum Gasteiger partial charge on any atom is 0.407 e. The number of ether oxygens (including phenoxy) is 1. The van der Waals surface area contributed by atoms with E-state index in [-0.39, 0.29) is 16.9 Å². The lowest BCUT2D eigenvalue weighted by Gasteiger charge is -2.46. The lowest BCUT2D eigenvalue weighted by atomic mass is 9.87. The number of amides is 1. The summed E-state index contributed by atoms with van der Waals surface area (Å²) < 4.78 is 60.6. The first-order valence-electron chi connectivity index (χ1n) is 12.5. The lowest BCUT2D eigenvalue weighted by molar-refractivity contribution is 0.0257. The molecule has 3 aliphatic rings. The number of nitrogens with one attached hydrogen (secondary N) is 1. The molecule has 12 heteroatoms. The monoisotopic (exact) mass is 537 g/mol. The first kappa shape index (κ1) is 26.1. The van der Waals surface area contributed by atoms with Gasteiger partial charge in [0, 0.05) is 43.0 Å². The second kappa shape index (κ2) is 9.32. The fourth-order valence-corrected chi connectivity index (χ4v) is 6.89. The van der Waals surface area contributed by atoms with Crippen LogP contribution in [0.3, 0.4) is 0 Å². The summed E-state index contributed by atoms with van der Waals surface area (Å²) in [5.74, 6) is -1.09.